The molecule has 0 fully saturated rings. The smallest absolute Gasteiger partial charge is 0.147 e. The lowest BCUT2D eigenvalue weighted by Crippen LogP contribution is -2.11. The van der Waals surface area contributed by atoms with Gasteiger partial charge in [-0.15, -0.1) is 11.8 Å². The van der Waals surface area contributed by atoms with Gasteiger partial charge >= 0.3 is 0 Å². The van der Waals surface area contributed by atoms with Crippen molar-refractivity contribution in [3.8, 4) is 0 Å². The highest BCUT2D eigenvalue weighted by Gasteiger charge is 2.08. The van der Waals surface area contributed by atoms with Crippen LogP contribution in [-0.2, 0) is 0 Å². The third kappa shape index (κ3) is 3.33. The maximum absolute atomic E-state index is 8.90. The minimum absolute atomic E-state index is 0.194. The molecule has 5 nitrogen and oxygen atoms in total. The van der Waals surface area contributed by atoms with E-state index in [1.807, 2.05) is 13.8 Å². The fraction of sp³-hybridized carbons (Fsp3) is 0.556. The summed E-state index contributed by atoms with van der Waals surface area (Å²) < 4.78 is 0. The van der Waals surface area contributed by atoms with Gasteiger partial charge in [-0.1, -0.05) is 6.92 Å². The first kappa shape index (κ1) is 12.2. The lowest BCUT2D eigenvalue weighted by Gasteiger charge is -2.10. The van der Waals surface area contributed by atoms with Gasteiger partial charge in [-0.2, -0.15) is 0 Å². The molecule has 0 amide bonds. The summed E-state index contributed by atoms with van der Waals surface area (Å²) in [5.74, 6) is 7.05. The zero-order chi connectivity index (χ0) is 11.3. The normalized spacial score (nSPS) is 12.5. The second-order valence-corrected chi connectivity index (χ2v) is 4.40. The molecule has 4 N–H and O–H groups in total. The van der Waals surface area contributed by atoms with Crippen molar-refractivity contribution in [3.63, 3.8) is 0 Å². The minimum atomic E-state index is 0.194. The number of anilines is 1. The Labute approximate surface area is 93.5 Å². The van der Waals surface area contributed by atoms with Gasteiger partial charge in [0.05, 0.1) is 0 Å². The maximum atomic E-state index is 8.90. The quantitative estimate of drug-likeness (QED) is 0.299. The van der Waals surface area contributed by atoms with Gasteiger partial charge in [-0.05, 0) is 12.8 Å². The Balaban J connectivity index is 2.68. The van der Waals surface area contributed by atoms with Crippen molar-refractivity contribution < 1.29 is 5.11 Å². The van der Waals surface area contributed by atoms with Crippen LogP contribution in [-0.4, -0.2) is 27.4 Å². The average molecular weight is 228 g/mol. The van der Waals surface area contributed by atoms with E-state index in [2.05, 4.69) is 15.4 Å². The lowest BCUT2D eigenvalue weighted by atomic mass is 10.2. The predicted octanol–water partition coefficient (Wildman–Crippen LogP) is 0.791. The fourth-order valence-corrected chi connectivity index (χ4v) is 1.98. The maximum Gasteiger partial charge on any atom is 0.147 e. The molecule has 1 aromatic rings. The van der Waals surface area contributed by atoms with E-state index in [1.165, 1.54) is 6.33 Å². The van der Waals surface area contributed by atoms with E-state index < -0.39 is 0 Å². The Morgan fingerprint density at radius 3 is 2.93 bits per heavy atom. The van der Waals surface area contributed by atoms with E-state index in [-0.39, 0.29) is 12.5 Å². The van der Waals surface area contributed by atoms with Crippen LogP contribution in [0, 0.1) is 12.8 Å². The number of hydrogen-bond acceptors (Lipinski definition) is 6. The van der Waals surface area contributed by atoms with Gasteiger partial charge in [0.25, 0.3) is 0 Å². The number of nitrogen functional groups attached to an aromatic ring is 1. The van der Waals surface area contributed by atoms with Crippen molar-refractivity contribution in [3.05, 3.63) is 11.9 Å². The molecule has 0 saturated carbocycles. The van der Waals surface area contributed by atoms with Gasteiger partial charge in [0.15, 0.2) is 0 Å². The van der Waals surface area contributed by atoms with Crippen molar-refractivity contribution in [2.75, 3.05) is 17.8 Å². The highest BCUT2D eigenvalue weighted by Crippen LogP contribution is 2.24. The van der Waals surface area contributed by atoms with Gasteiger partial charge < -0.3 is 10.5 Å². The summed E-state index contributed by atoms with van der Waals surface area (Å²) >= 11 is 1.60. The molecule has 0 saturated heterocycles. The summed E-state index contributed by atoms with van der Waals surface area (Å²) in [6, 6.07) is 0. The summed E-state index contributed by atoms with van der Waals surface area (Å²) in [4.78, 5) is 8.16. The number of aliphatic hydroxyl groups is 1. The summed E-state index contributed by atoms with van der Waals surface area (Å²) in [6.45, 7) is 4.10. The number of hydrogen-bond donors (Lipinski definition) is 3. The van der Waals surface area contributed by atoms with Crippen LogP contribution < -0.4 is 11.3 Å². The molecule has 1 rings (SSSR count). The molecule has 0 aliphatic heterocycles. The Kier molecular flexibility index (Phi) is 4.80. The molecule has 0 radical (unpaired) electrons. The lowest BCUT2D eigenvalue weighted by molar-refractivity contribution is 0.250. The molecule has 1 atom stereocenters. The first-order valence-corrected chi connectivity index (χ1v) is 5.69. The summed E-state index contributed by atoms with van der Waals surface area (Å²) in [5.41, 5.74) is 3.46. The van der Waals surface area contributed by atoms with E-state index >= 15 is 0 Å². The molecule has 6 heteroatoms. The van der Waals surface area contributed by atoms with E-state index in [4.69, 9.17) is 10.9 Å². The summed E-state index contributed by atoms with van der Waals surface area (Å²) in [6.07, 6.45) is 1.48. The highest BCUT2D eigenvalue weighted by atomic mass is 32.2. The van der Waals surface area contributed by atoms with Gasteiger partial charge in [-0.25, -0.2) is 15.8 Å². The Hall–Kier alpha value is -0.850. The average Bonchev–Trinajstić information content (AvgIpc) is 2.27. The van der Waals surface area contributed by atoms with Crippen molar-refractivity contribution >= 4 is 17.6 Å². The molecule has 84 valence electrons. The first-order valence-electron chi connectivity index (χ1n) is 4.71. The second-order valence-electron chi connectivity index (χ2n) is 3.40. The van der Waals surface area contributed by atoms with Crippen LogP contribution in [0.1, 0.15) is 12.5 Å². The molecule has 1 unspecified atom stereocenters. The standard InChI is InChI=1S/C9H16N4OS/c1-6(3-14)4-15-9-7(2)8(13-10)11-5-12-9/h5-6,14H,3-4,10H2,1-2H3,(H,11,12,13). The third-order valence-corrected chi connectivity index (χ3v) is 3.41. The first-order chi connectivity index (χ1) is 7.19. The topological polar surface area (TPSA) is 84.1 Å². The molecular formula is C9H16N4OS. The zero-order valence-corrected chi connectivity index (χ0v) is 9.71. The number of hydrazine groups is 1. The highest BCUT2D eigenvalue weighted by molar-refractivity contribution is 7.99. The van der Waals surface area contributed by atoms with E-state index in [1.54, 1.807) is 11.8 Å². The Bertz CT molecular complexity index is 321. The Morgan fingerprint density at radius 1 is 1.60 bits per heavy atom. The number of thioether (sulfide) groups is 1. The van der Waals surface area contributed by atoms with Gasteiger partial charge in [-0.3, -0.25) is 0 Å². The molecule has 15 heavy (non-hydrogen) atoms. The van der Waals surface area contributed by atoms with Crippen molar-refractivity contribution in [1.29, 1.82) is 0 Å². The van der Waals surface area contributed by atoms with E-state index in [0.29, 0.717) is 5.82 Å². The van der Waals surface area contributed by atoms with Crippen LogP contribution in [0.25, 0.3) is 0 Å². The van der Waals surface area contributed by atoms with Crippen LogP contribution in [0.2, 0.25) is 0 Å². The number of nitrogens with two attached hydrogens (primary N) is 1. The van der Waals surface area contributed by atoms with Gasteiger partial charge in [0.1, 0.15) is 17.2 Å². The number of nitrogens with one attached hydrogen (secondary N) is 1. The van der Waals surface area contributed by atoms with Crippen LogP contribution in [0.3, 0.4) is 0 Å². The second kappa shape index (κ2) is 5.89. The van der Waals surface area contributed by atoms with Crippen molar-refractivity contribution in [1.82, 2.24) is 9.97 Å². The number of aliphatic hydroxyl groups excluding tert-OH is 1. The van der Waals surface area contributed by atoms with Crippen LogP contribution >= 0.6 is 11.8 Å². The molecule has 0 aliphatic carbocycles. The molecule has 1 heterocycles. The van der Waals surface area contributed by atoms with Crippen molar-refractivity contribution in [2.24, 2.45) is 11.8 Å². The zero-order valence-electron chi connectivity index (χ0n) is 8.90. The fourth-order valence-electron chi connectivity index (χ4n) is 0.999. The largest absolute Gasteiger partial charge is 0.396 e. The molecule has 0 aliphatic rings. The van der Waals surface area contributed by atoms with Crippen LogP contribution in [0.5, 0.6) is 0 Å². The van der Waals surface area contributed by atoms with E-state index in [0.717, 1.165) is 16.3 Å². The van der Waals surface area contributed by atoms with Gasteiger partial charge in [0, 0.05) is 17.9 Å². The van der Waals surface area contributed by atoms with E-state index in [9.17, 15) is 0 Å². The molecule has 0 aromatic carbocycles. The Morgan fingerprint density at radius 2 is 2.33 bits per heavy atom. The SMILES string of the molecule is Cc1c(NN)ncnc1SCC(C)CO. The molecule has 0 bridgehead atoms. The number of rotatable bonds is 5. The molecule has 0 spiro atoms. The minimum Gasteiger partial charge on any atom is -0.396 e. The van der Waals surface area contributed by atoms with Crippen molar-refractivity contribution in [2.45, 2.75) is 18.9 Å². The summed E-state index contributed by atoms with van der Waals surface area (Å²) in [7, 11) is 0. The predicted molar refractivity (Wildman–Crippen MR) is 61.6 cm³/mol. The molecule has 1 aromatic heterocycles. The van der Waals surface area contributed by atoms with Crippen LogP contribution in [0.15, 0.2) is 11.4 Å². The van der Waals surface area contributed by atoms with Crippen LogP contribution in [0.4, 0.5) is 5.82 Å². The number of nitrogens with zero attached hydrogens (tertiary/aromatic N) is 2. The third-order valence-electron chi connectivity index (χ3n) is 1.99. The monoisotopic (exact) mass is 228 g/mol. The number of aromatic nitrogens is 2. The summed E-state index contributed by atoms with van der Waals surface area (Å²) in [5, 5.41) is 9.81. The van der Waals surface area contributed by atoms with Gasteiger partial charge in [0.2, 0.25) is 0 Å². The molecular weight excluding hydrogens is 212 g/mol.